The third kappa shape index (κ3) is 6.61. The van der Waals surface area contributed by atoms with E-state index in [1.54, 1.807) is 7.11 Å². The summed E-state index contributed by atoms with van der Waals surface area (Å²) < 4.78 is 5.52. The molecule has 1 aliphatic heterocycles. The molecule has 1 atom stereocenters. The third-order valence-corrected chi connectivity index (χ3v) is 4.71. The van der Waals surface area contributed by atoms with Crippen LogP contribution in [0.15, 0.2) is 29.3 Å². The summed E-state index contributed by atoms with van der Waals surface area (Å²) in [5.74, 6) is 1.85. The maximum atomic E-state index is 5.52. The summed E-state index contributed by atoms with van der Waals surface area (Å²) in [5.41, 5.74) is 1.31. The number of guanidine groups is 1. The van der Waals surface area contributed by atoms with Crippen molar-refractivity contribution in [3.8, 4) is 5.75 Å². The SMILES string of the molecule is CCNC(=NCC(C)(C)CN(C)C)NC1CCN(c2ccccc2OC)C1. The Morgan fingerprint density at radius 3 is 2.74 bits per heavy atom. The molecule has 152 valence electrons. The lowest BCUT2D eigenvalue weighted by atomic mass is 9.93. The lowest BCUT2D eigenvalue weighted by Gasteiger charge is -2.27. The van der Waals surface area contributed by atoms with Gasteiger partial charge in [0.1, 0.15) is 5.75 Å². The smallest absolute Gasteiger partial charge is 0.191 e. The van der Waals surface area contributed by atoms with E-state index in [9.17, 15) is 0 Å². The standard InChI is InChI=1S/C21H37N5O/c1-7-22-20(23-15-21(2,3)16-25(4)5)24-17-12-13-26(14-17)18-10-8-9-11-19(18)27-6/h8-11,17H,7,12-16H2,1-6H3,(H2,22,23,24). The minimum absolute atomic E-state index is 0.144. The van der Waals surface area contributed by atoms with E-state index in [1.165, 1.54) is 5.69 Å². The molecule has 1 saturated heterocycles. The molecule has 0 aliphatic carbocycles. The van der Waals surface area contributed by atoms with Crippen molar-refractivity contribution in [3.05, 3.63) is 24.3 Å². The number of aliphatic imine (C=N–C) groups is 1. The van der Waals surface area contributed by atoms with E-state index in [2.05, 4.69) is 67.4 Å². The van der Waals surface area contributed by atoms with Crippen LogP contribution >= 0.6 is 0 Å². The van der Waals surface area contributed by atoms with Crippen molar-refractivity contribution in [1.82, 2.24) is 15.5 Å². The zero-order valence-electron chi connectivity index (χ0n) is 17.9. The molecule has 6 nitrogen and oxygen atoms in total. The average molecular weight is 376 g/mol. The number of para-hydroxylation sites is 2. The number of methoxy groups -OCH3 is 1. The highest BCUT2D eigenvalue weighted by atomic mass is 16.5. The summed E-state index contributed by atoms with van der Waals surface area (Å²) >= 11 is 0. The summed E-state index contributed by atoms with van der Waals surface area (Å²) in [4.78, 5) is 9.46. The minimum atomic E-state index is 0.144. The van der Waals surface area contributed by atoms with Gasteiger partial charge in [0, 0.05) is 38.8 Å². The second-order valence-corrected chi connectivity index (χ2v) is 8.34. The van der Waals surface area contributed by atoms with E-state index >= 15 is 0 Å². The Balaban J connectivity index is 1.98. The van der Waals surface area contributed by atoms with Gasteiger partial charge in [-0.25, -0.2) is 0 Å². The van der Waals surface area contributed by atoms with Crippen molar-refractivity contribution in [2.75, 3.05) is 58.8 Å². The Labute approximate surface area is 165 Å². The monoisotopic (exact) mass is 375 g/mol. The maximum Gasteiger partial charge on any atom is 0.191 e. The van der Waals surface area contributed by atoms with E-state index in [0.29, 0.717) is 6.04 Å². The van der Waals surface area contributed by atoms with E-state index in [1.807, 2.05) is 12.1 Å². The van der Waals surface area contributed by atoms with Crippen LogP contribution in [0.4, 0.5) is 5.69 Å². The van der Waals surface area contributed by atoms with Gasteiger partial charge in [-0.15, -0.1) is 0 Å². The van der Waals surface area contributed by atoms with Crippen LogP contribution in [0.5, 0.6) is 5.75 Å². The largest absolute Gasteiger partial charge is 0.495 e. The summed E-state index contributed by atoms with van der Waals surface area (Å²) in [6.45, 7) is 11.3. The van der Waals surface area contributed by atoms with Crippen LogP contribution in [0.3, 0.4) is 0 Å². The number of anilines is 1. The Morgan fingerprint density at radius 2 is 2.07 bits per heavy atom. The van der Waals surface area contributed by atoms with Gasteiger partial charge in [0.05, 0.1) is 12.8 Å². The molecule has 27 heavy (non-hydrogen) atoms. The van der Waals surface area contributed by atoms with Gasteiger partial charge in [-0.1, -0.05) is 26.0 Å². The highest BCUT2D eigenvalue weighted by Crippen LogP contribution is 2.30. The minimum Gasteiger partial charge on any atom is -0.495 e. The molecular weight excluding hydrogens is 338 g/mol. The molecule has 0 bridgehead atoms. The molecule has 2 N–H and O–H groups in total. The first-order chi connectivity index (χ1) is 12.8. The normalized spacial score (nSPS) is 18.1. The predicted octanol–water partition coefficient (Wildman–Crippen LogP) is 2.42. The fraction of sp³-hybridized carbons (Fsp3) is 0.667. The van der Waals surface area contributed by atoms with Gasteiger partial charge in [0.2, 0.25) is 0 Å². The second kappa shape index (κ2) is 9.83. The first-order valence-electron chi connectivity index (χ1n) is 9.92. The molecule has 0 amide bonds. The Hall–Kier alpha value is -1.95. The predicted molar refractivity (Wildman–Crippen MR) is 115 cm³/mol. The Morgan fingerprint density at radius 1 is 1.33 bits per heavy atom. The summed E-state index contributed by atoms with van der Waals surface area (Å²) in [6.07, 6.45) is 1.09. The number of benzene rings is 1. The van der Waals surface area contributed by atoms with Crippen LogP contribution in [0.2, 0.25) is 0 Å². The molecule has 1 aliphatic rings. The summed E-state index contributed by atoms with van der Waals surface area (Å²) in [7, 11) is 5.95. The first kappa shape index (κ1) is 21.4. The number of nitrogens with one attached hydrogen (secondary N) is 2. The van der Waals surface area contributed by atoms with Crippen molar-refractivity contribution in [1.29, 1.82) is 0 Å². The van der Waals surface area contributed by atoms with Crippen molar-refractivity contribution >= 4 is 11.6 Å². The number of ether oxygens (including phenoxy) is 1. The van der Waals surface area contributed by atoms with Crippen molar-refractivity contribution in [2.24, 2.45) is 10.4 Å². The van der Waals surface area contributed by atoms with Gasteiger partial charge < -0.3 is 25.2 Å². The zero-order valence-corrected chi connectivity index (χ0v) is 17.9. The van der Waals surface area contributed by atoms with E-state index in [0.717, 1.165) is 50.9 Å². The maximum absolute atomic E-state index is 5.52. The lowest BCUT2D eigenvalue weighted by Crippen LogP contribution is -2.45. The number of nitrogens with zero attached hydrogens (tertiary/aromatic N) is 3. The Kier molecular flexibility index (Phi) is 7.78. The van der Waals surface area contributed by atoms with Gasteiger partial charge in [0.25, 0.3) is 0 Å². The van der Waals surface area contributed by atoms with Gasteiger partial charge >= 0.3 is 0 Å². The zero-order chi connectivity index (χ0) is 19.9. The van der Waals surface area contributed by atoms with Crippen molar-refractivity contribution in [2.45, 2.75) is 33.2 Å². The van der Waals surface area contributed by atoms with E-state index < -0.39 is 0 Å². The molecule has 6 heteroatoms. The second-order valence-electron chi connectivity index (χ2n) is 8.34. The molecule has 1 heterocycles. The number of hydrogen-bond acceptors (Lipinski definition) is 4. The van der Waals surface area contributed by atoms with E-state index in [4.69, 9.17) is 9.73 Å². The van der Waals surface area contributed by atoms with Crippen LogP contribution < -0.4 is 20.3 Å². The van der Waals surface area contributed by atoms with Crippen LogP contribution in [0.1, 0.15) is 27.2 Å². The summed E-state index contributed by atoms with van der Waals surface area (Å²) in [5, 5.41) is 7.02. The highest BCUT2D eigenvalue weighted by molar-refractivity contribution is 5.80. The quantitative estimate of drug-likeness (QED) is 0.540. The molecule has 0 aromatic heterocycles. The molecule has 0 radical (unpaired) electrons. The van der Waals surface area contributed by atoms with Gasteiger partial charge in [-0.2, -0.15) is 0 Å². The van der Waals surface area contributed by atoms with Gasteiger partial charge in [-0.05, 0) is 45.0 Å². The molecule has 2 rings (SSSR count). The van der Waals surface area contributed by atoms with Gasteiger partial charge in [0.15, 0.2) is 5.96 Å². The average Bonchev–Trinajstić information content (AvgIpc) is 3.07. The highest BCUT2D eigenvalue weighted by Gasteiger charge is 2.25. The topological polar surface area (TPSA) is 52.1 Å². The fourth-order valence-corrected chi connectivity index (χ4v) is 3.70. The number of hydrogen-bond donors (Lipinski definition) is 2. The molecule has 0 spiro atoms. The summed E-state index contributed by atoms with van der Waals surface area (Å²) in [6, 6.07) is 8.61. The van der Waals surface area contributed by atoms with E-state index in [-0.39, 0.29) is 5.41 Å². The Bertz CT molecular complexity index is 614. The molecular formula is C21H37N5O. The fourth-order valence-electron chi connectivity index (χ4n) is 3.70. The molecule has 1 aromatic rings. The molecule has 1 unspecified atom stereocenters. The van der Waals surface area contributed by atoms with Crippen LogP contribution in [0, 0.1) is 5.41 Å². The third-order valence-electron chi connectivity index (χ3n) is 4.71. The van der Waals surface area contributed by atoms with Crippen molar-refractivity contribution < 1.29 is 4.74 Å². The number of rotatable bonds is 8. The molecule has 1 fully saturated rings. The first-order valence-corrected chi connectivity index (χ1v) is 9.92. The van der Waals surface area contributed by atoms with Crippen LogP contribution in [0.25, 0.3) is 0 Å². The molecule has 0 saturated carbocycles. The molecule has 1 aromatic carbocycles. The van der Waals surface area contributed by atoms with Crippen LogP contribution in [-0.2, 0) is 0 Å². The lowest BCUT2D eigenvalue weighted by molar-refractivity contribution is 0.248. The van der Waals surface area contributed by atoms with Crippen LogP contribution in [-0.4, -0.2) is 70.8 Å². The van der Waals surface area contributed by atoms with Crippen molar-refractivity contribution in [3.63, 3.8) is 0 Å². The van der Waals surface area contributed by atoms with Gasteiger partial charge in [-0.3, -0.25) is 4.99 Å².